The first-order valence-electron chi connectivity index (χ1n) is 13.3. The van der Waals surface area contributed by atoms with E-state index in [9.17, 15) is 5.11 Å². The maximum atomic E-state index is 9.95. The van der Waals surface area contributed by atoms with E-state index in [0.717, 1.165) is 12.8 Å². The predicted octanol–water partition coefficient (Wildman–Crippen LogP) is 6.04. The normalized spacial score (nSPS) is 12.5. The summed E-state index contributed by atoms with van der Waals surface area (Å²) in [5, 5.41) is 18.5. The van der Waals surface area contributed by atoms with Gasteiger partial charge in [-0.15, -0.1) is 0 Å². The van der Waals surface area contributed by atoms with Crippen LogP contribution >= 0.6 is 0 Å². The zero-order valence-electron chi connectivity index (χ0n) is 20.7. The monoisotopic (exact) mass is 446 g/mol. The molecule has 0 aromatic rings. The van der Waals surface area contributed by atoms with Gasteiger partial charge in [-0.3, -0.25) is 0 Å². The largest absolute Gasteiger partial charge is 0.394 e. The lowest BCUT2D eigenvalue weighted by Crippen LogP contribution is -2.18. The lowest BCUT2D eigenvalue weighted by Gasteiger charge is -2.11. The second-order valence-corrected chi connectivity index (χ2v) is 8.77. The molecule has 0 aliphatic heterocycles. The van der Waals surface area contributed by atoms with Crippen molar-refractivity contribution in [3.8, 4) is 0 Å². The molecule has 1 atom stereocenters. The van der Waals surface area contributed by atoms with Crippen molar-refractivity contribution in [2.75, 3.05) is 46.2 Å². The number of hydrogen-bond acceptors (Lipinski definition) is 5. The molecule has 31 heavy (non-hydrogen) atoms. The van der Waals surface area contributed by atoms with Gasteiger partial charge in [0.05, 0.1) is 52.4 Å². The van der Waals surface area contributed by atoms with Crippen LogP contribution in [0.1, 0.15) is 116 Å². The third-order valence-corrected chi connectivity index (χ3v) is 5.68. The molecule has 0 saturated carbocycles. The van der Waals surface area contributed by atoms with E-state index < -0.39 is 0 Å². The summed E-state index contributed by atoms with van der Waals surface area (Å²) in [7, 11) is 0. The maximum Gasteiger partial charge on any atom is 0.0773 e. The van der Waals surface area contributed by atoms with Gasteiger partial charge < -0.3 is 24.4 Å². The second kappa shape index (κ2) is 27.8. The van der Waals surface area contributed by atoms with Crippen LogP contribution in [-0.2, 0) is 14.2 Å². The molecule has 0 spiro atoms. The van der Waals surface area contributed by atoms with Crippen LogP contribution in [0.5, 0.6) is 0 Å². The predicted molar refractivity (Wildman–Crippen MR) is 130 cm³/mol. The molecule has 0 rings (SSSR count). The van der Waals surface area contributed by atoms with Gasteiger partial charge in [0.15, 0.2) is 0 Å². The lowest BCUT2D eigenvalue weighted by atomic mass is 10.0. The van der Waals surface area contributed by atoms with Gasteiger partial charge in [0, 0.05) is 0 Å². The lowest BCUT2D eigenvalue weighted by molar-refractivity contribution is -0.0144. The van der Waals surface area contributed by atoms with Crippen molar-refractivity contribution in [1.82, 2.24) is 0 Å². The van der Waals surface area contributed by atoms with E-state index in [2.05, 4.69) is 6.92 Å². The Hall–Kier alpha value is -0.200. The quantitative estimate of drug-likeness (QED) is 0.151. The van der Waals surface area contributed by atoms with Gasteiger partial charge in [-0.1, -0.05) is 110 Å². The third-order valence-electron chi connectivity index (χ3n) is 5.68. The van der Waals surface area contributed by atoms with Crippen molar-refractivity contribution in [2.45, 2.75) is 122 Å². The zero-order chi connectivity index (χ0) is 22.7. The summed E-state index contributed by atoms with van der Waals surface area (Å²) in [5.41, 5.74) is 0. The van der Waals surface area contributed by atoms with Crippen molar-refractivity contribution < 1.29 is 24.4 Å². The second-order valence-electron chi connectivity index (χ2n) is 8.77. The molecule has 0 aliphatic carbocycles. The van der Waals surface area contributed by atoms with Gasteiger partial charge in [0.1, 0.15) is 0 Å². The Kier molecular flexibility index (Phi) is 27.7. The van der Waals surface area contributed by atoms with Gasteiger partial charge in [0.2, 0.25) is 0 Å². The average molecular weight is 447 g/mol. The highest BCUT2D eigenvalue weighted by Crippen LogP contribution is 2.14. The zero-order valence-corrected chi connectivity index (χ0v) is 20.7. The third kappa shape index (κ3) is 27.8. The van der Waals surface area contributed by atoms with Gasteiger partial charge in [-0.25, -0.2) is 0 Å². The molecule has 2 N–H and O–H groups in total. The summed E-state index contributed by atoms with van der Waals surface area (Å²) in [6.45, 7) is 5.07. The van der Waals surface area contributed by atoms with E-state index >= 15 is 0 Å². The van der Waals surface area contributed by atoms with Crippen LogP contribution in [0.2, 0.25) is 0 Å². The molecule has 0 aliphatic rings. The smallest absolute Gasteiger partial charge is 0.0773 e. The molecular formula is C26H54O5. The highest BCUT2D eigenvalue weighted by Gasteiger charge is 2.04. The minimum absolute atomic E-state index is 0.0421. The topological polar surface area (TPSA) is 68.2 Å². The summed E-state index contributed by atoms with van der Waals surface area (Å²) in [5.74, 6) is 0. The summed E-state index contributed by atoms with van der Waals surface area (Å²) in [6.07, 6.45) is 22.4. The van der Waals surface area contributed by atoms with Crippen LogP contribution in [0, 0.1) is 0 Å². The minimum atomic E-state index is -0.362. The number of aliphatic hydroxyl groups excluding tert-OH is 2. The van der Waals surface area contributed by atoms with Crippen molar-refractivity contribution >= 4 is 0 Å². The van der Waals surface area contributed by atoms with Gasteiger partial charge in [-0.2, -0.15) is 0 Å². The summed E-state index contributed by atoms with van der Waals surface area (Å²) in [6, 6.07) is 0. The van der Waals surface area contributed by atoms with Crippen molar-refractivity contribution in [1.29, 1.82) is 0 Å². The van der Waals surface area contributed by atoms with Crippen molar-refractivity contribution in [2.24, 2.45) is 0 Å². The van der Waals surface area contributed by atoms with E-state index in [0.29, 0.717) is 39.6 Å². The number of rotatable bonds is 27. The SMILES string of the molecule is CCCCCCCCCCCCCCCCCCC(O)COCCOCCOCCO. The van der Waals surface area contributed by atoms with Gasteiger partial charge in [0.25, 0.3) is 0 Å². The molecule has 188 valence electrons. The van der Waals surface area contributed by atoms with E-state index in [1.807, 2.05) is 0 Å². The number of unbranched alkanes of at least 4 members (excludes halogenated alkanes) is 15. The molecule has 5 nitrogen and oxygen atoms in total. The van der Waals surface area contributed by atoms with Crippen LogP contribution in [0.3, 0.4) is 0 Å². The maximum absolute atomic E-state index is 9.95. The minimum Gasteiger partial charge on any atom is -0.394 e. The fourth-order valence-electron chi connectivity index (χ4n) is 3.74. The molecule has 0 amide bonds. The van der Waals surface area contributed by atoms with Crippen molar-refractivity contribution in [3.63, 3.8) is 0 Å². The molecule has 0 fully saturated rings. The Bertz CT molecular complexity index is 314. The van der Waals surface area contributed by atoms with Gasteiger partial charge >= 0.3 is 0 Å². The van der Waals surface area contributed by atoms with E-state index in [1.54, 1.807) is 0 Å². The molecular weight excluding hydrogens is 392 g/mol. The number of hydrogen-bond donors (Lipinski definition) is 2. The summed E-state index contributed by atoms with van der Waals surface area (Å²) in [4.78, 5) is 0. The van der Waals surface area contributed by atoms with E-state index in [-0.39, 0.29) is 12.7 Å². The van der Waals surface area contributed by atoms with E-state index in [4.69, 9.17) is 19.3 Å². The Morgan fingerprint density at radius 2 is 0.903 bits per heavy atom. The van der Waals surface area contributed by atoms with E-state index in [1.165, 1.54) is 96.3 Å². The standard InChI is InChI=1S/C26H54O5/c1-2-3-4-5-6-7-8-9-10-11-12-13-14-15-16-17-18-26(28)25-31-24-23-30-22-21-29-20-19-27/h26-28H,2-25H2,1H3. The first-order valence-corrected chi connectivity index (χ1v) is 13.3. The molecule has 0 bridgehead atoms. The molecule has 0 aromatic carbocycles. The van der Waals surface area contributed by atoms with Crippen LogP contribution in [0.15, 0.2) is 0 Å². The van der Waals surface area contributed by atoms with Crippen LogP contribution in [0.4, 0.5) is 0 Å². The number of ether oxygens (including phenoxy) is 3. The Morgan fingerprint density at radius 3 is 1.35 bits per heavy atom. The Balaban J connectivity index is 3.11. The van der Waals surface area contributed by atoms with Crippen LogP contribution < -0.4 is 0 Å². The molecule has 1 unspecified atom stereocenters. The molecule has 0 aromatic heterocycles. The van der Waals surface area contributed by atoms with Crippen LogP contribution in [-0.4, -0.2) is 62.6 Å². The fraction of sp³-hybridized carbons (Fsp3) is 1.00. The first-order chi connectivity index (χ1) is 15.3. The summed E-state index contributed by atoms with van der Waals surface area (Å²) < 4.78 is 15.9. The Labute approximate surface area is 193 Å². The highest BCUT2D eigenvalue weighted by atomic mass is 16.5. The summed E-state index contributed by atoms with van der Waals surface area (Å²) >= 11 is 0. The van der Waals surface area contributed by atoms with Gasteiger partial charge in [-0.05, 0) is 6.42 Å². The first kappa shape index (κ1) is 30.8. The molecule has 5 heteroatoms. The van der Waals surface area contributed by atoms with Crippen molar-refractivity contribution in [3.05, 3.63) is 0 Å². The average Bonchev–Trinajstić information content (AvgIpc) is 2.77. The molecule has 0 radical (unpaired) electrons. The van der Waals surface area contributed by atoms with Crippen LogP contribution in [0.25, 0.3) is 0 Å². The molecule has 0 saturated heterocycles. The highest BCUT2D eigenvalue weighted by molar-refractivity contribution is 4.55. The Morgan fingerprint density at radius 1 is 0.516 bits per heavy atom. The number of aliphatic hydroxyl groups is 2. The fourth-order valence-corrected chi connectivity index (χ4v) is 3.74. The molecule has 0 heterocycles.